The van der Waals surface area contributed by atoms with Gasteiger partial charge in [0, 0.05) is 49.0 Å². The Kier molecular flexibility index (Phi) is 8.42. The molecule has 1 unspecified atom stereocenters. The molecule has 3 aromatic carbocycles. The summed E-state index contributed by atoms with van der Waals surface area (Å²) in [6.07, 6.45) is 1.21. The van der Waals surface area contributed by atoms with Crippen LogP contribution in [-0.2, 0) is 4.79 Å². The van der Waals surface area contributed by atoms with Gasteiger partial charge in [0.15, 0.2) is 11.0 Å². The van der Waals surface area contributed by atoms with E-state index >= 15 is 0 Å². The first-order valence-electron chi connectivity index (χ1n) is 13.4. The lowest BCUT2D eigenvalue weighted by molar-refractivity contribution is -0.133. The van der Waals surface area contributed by atoms with Crippen LogP contribution in [0, 0.1) is 6.92 Å². The van der Waals surface area contributed by atoms with Crippen LogP contribution in [0.25, 0.3) is 17.1 Å². The minimum atomic E-state index is -0.0196. The van der Waals surface area contributed by atoms with Crippen LogP contribution >= 0.6 is 11.8 Å². The minimum Gasteiger partial charge on any atom is -0.339 e. The second-order valence-electron chi connectivity index (χ2n) is 9.80. The summed E-state index contributed by atoms with van der Waals surface area (Å²) in [6.45, 7) is 5.78. The molecule has 1 aliphatic heterocycles. The third-order valence-corrected chi connectivity index (χ3v) is 8.06. The first kappa shape index (κ1) is 26.7. The van der Waals surface area contributed by atoms with Crippen molar-refractivity contribution in [3.63, 3.8) is 0 Å². The highest BCUT2D eigenvalue weighted by Crippen LogP contribution is 2.30. The Hall–Kier alpha value is -3.91. The summed E-state index contributed by atoms with van der Waals surface area (Å²) in [4.78, 5) is 29.7. The summed E-state index contributed by atoms with van der Waals surface area (Å²) in [6, 6.07) is 27.6. The van der Waals surface area contributed by atoms with Gasteiger partial charge in [-0.2, -0.15) is 0 Å². The van der Waals surface area contributed by atoms with E-state index in [1.165, 1.54) is 0 Å². The zero-order valence-electron chi connectivity index (χ0n) is 22.4. The zero-order chi connectivity index (χ0) is 27.2. The number of rotatable bonds is 8. The highest BCUT2D eigenvalue weighted by atomic mass is 32.2. The number of piperazine rings is 1. The molecule has 1 fully saturated rings. The fourth-order valence-electron chi connectivity index (χ4n) is 4.95. The quantitative estimate of drug-likeness (QED) is 0.219. The second kappa shape index (κ2) is 12.3. The van der Waals surface area contributed by atoms with E-state index in [0.29, 0.717) is 31.6 Å². The van der Waals surface area contributed by atoms with Crippen LogP contribution < -0.4 is 0 Å². The Bertz CT molecular complexity index is 1420. The molecule has 0 saturated carbocycles. The van der Waals surface area contributed by atoms with Gasteiger partial charge in [-0.05, 0) is 44.0 Å². The van der Waals surface area contributed by atoms with Crippen LogP contribution in [0.3, 0.4) is 0 Å². The van der Waals surface area contributed by atoms with Gasteiger partial charge >= 0.3 is 0 Å². The molecule has 5 rings (SSSR count). The number of para-hydroxylation sites is 1. The van der Waals surface area contributed by atoms with Gasteiger partial charge in [-0.25, -0.2) is 0 Å². The molecule has 7 nitrogen and oxygen atoms in total. The third-order valence-electron chi connectivity index (χ3n) is 7.05. The Morgan fingerprint density at radius 1 is 0.897 bits per heavy atom. The van der Waals surface area contributed by atoms with Gasteiger partial charge in [-0.15, -0.1) is 10.2 Å². The van der Waals surface area contributed by atoms with Crippen molar-refractivity contribution in [3.8, 4) is 17.1 Å². The fourth-order valence-corrected chi connectivity index (χ4v) is 5.83. The van der Waals surface area contributed by atoms with Crippen molar-refractivity contribution in [2.24, 2.45) is 0 Å². The zero-order valence-corrected chi connectivity index (χ0v) is 23.2. The fraction of sp³-hybridized carbons (Fsp3) is 0.290. The lowest BCUT2D eigenvalue weighted by atomic mass is 10.1. The molecule has 4 aromatic rings. The Morgan fingerprint density at radius 2 is 1.59 bits per heavy atom. The highest BCUT2D eigenvalue weighted by Gasteiger charge is 2.30. The Morgan fingerprint density at radius 3 is 2.31 bits per heavy atom. The maximum atomic E-state index is 13.0. The number of hydrogen-bond donors (Lipinski definition) is 0. The third kappa shape index (κ3) is 6.06. The van der Waals surface area contributed by atoms with Crippen molar-refractivity contribution < 1.29 is 9.59 Å². The topological polar surface area (TPSA) is 71.3 Å². The normalized spacial score (nSPS) is 15.4. The molecule has 8 heteroatoms. The molecule has 1 atom stereocenters. The van der Waals surface area contributed by atoms with Crippen LogP contribution in [0.2, 0.25) is 0 Å². The van der Waals surface area contributed by atoms with E-state index in [9.17, 15) is 9.59 Å². The smallest absolute Gasteiger partial charge is 0.254 e. The van der Waals surface area contributed by atoms with Crippen LogP contribution in [0.4, 0.5) is 0 Å². The van der Waals surface area contributed by atoms with Gasteiger partial charge in [-0.1, -0.05) is 78.5 Å². The monoisotopic (exact) mass is 539 g/mol. The summed E-state index contributed by atoms with van der Waals surface area (Å²) < 4.78 is 2.11. The van der Waals surface area contributed by atoms with Gasteiger partial charge in [0.1, 0.15) is 0 Å². The second-order valence-corrected chi connectivity index (χ2v) is 10.9. The molecule has 0 bridgehead atoms. The molecule has 200 valence electrons. The summed E-state index contributed by atoms with van der Waals surface area (Å²) >= 11 is 1.62. The largest absolute Gasteiger partial charge is 0.339 e. The van der Waals surface area contributed by atoms with E-state index in [1.807, 2.05) is 89.5 Å². The molecule has 2 heterocycles. The van der Waals surface area contributed by atoms with Gasteiger partial charge < -0.3 is 9.80 Å². The highest BCUT2D eigenvalue weighted by molar-refractivity contribution is 7.99. The van der Waals surface area contributed by atoms with Crippen LogP contribution in [0.15, 0.2) is 90.1 Å². The Balaban J connectivity index is 1.18. The molecule has 2 amide bonds. The molecule has 1 aliphatic rings. The molecule has 0 radical (unpaired) electrons. The van der Waals surface area contributed by atoms with E-state index in [1.54, 1.807) is 11.8 Å². The summed E-state index contributed by atoms with van der Waals surface area (Å²) in [7, 11) is 0. The molecule has 1 aromatic heterocycles. The van der Waals surface area contributed by atoms with Gasteiger partial charge in [0.25, 0.3) is 5.91 Å². The lowest BCUT2D eigenvalue weighted by Gasteiger charge is -2.40. The average Bonchev–Trinajstić information content (AvgIpc) is 3.39. The predicted molar refractivity (Wildman–Crippen MR) is 155 cm³/mol. The van der Waals surface area contributed by atoms with Gasteiger partial charge in [-0.3, -0.25) is 14.2 Å². The van der Waals surface area contributed by atoms with E-state index in [4.69, 9.17) is 0 Å². The maximum absolute atomic E-state index is 13.0. The number of thioether (sulfide) groups is 1. The van der Waals surface area contributed by atoms with Crippen molar-refractivity contribution in [1.82, 2.24) is 24.6 Å². The number of carbonyl (C=O) groups excluding carboxylic acids is 2. The number of aromatic nitrogens is 3. The number of carbonyl (C=O) groups is 2. The lowest BCUT2D eigenvalue weighted by Crippen LogP contribution is -2.55. The van der Waals surface area contributed by atoms with E-state index in [2.05, 4.69) is 33.8 Å². The van der Waals surface area contributed by atoms with Crippen molar-refractivity contribution in [1.29, 1.82) is 0 Å². The molecule has 0 spiro atoms. The van der Waals surface area contributed by atoms with Crippen molar-refractivity contribution in [2.45, 2.75) is 37.9 Å². The number of aryl methyl sites for hydroxylation is 1. The first-order valence-corrected chi connectivity index (χ1v) is 14.3. The molecular formula is C31H33N5O2S. The molecule has 39 heavy (non-hydrogen) atoms. The maximum Gasteiger partial charge on any atom is 0.254 e. The van der Waals surface area contributed by atoms with E-state index in [-0.39, 0.29) is 17.9 Å². The summed E-state index contributed by atoms with van der Waals surface area (Å²) in [5.41, 5.74) is 3.90. The number of benzene rings is 3. The molecule has 0 aliphatic carbocycles. The number of amides is 2. The summed E-state index contributed by atoms with van der Waals surface area (Å²) in [5.74, 6) is 1.73. The molecular weight excluding hydrogens is 506 g/mol. The van der Waals surface area contributed by atoms with Crippen LogP contribution in [0.1, 0.15) is 35.7 Å². The van der Waals surface area contributed by atoms with Crippen molar-refractivity contribution in [2.75, 3.05) is 25.4 Å². The van der Waals surface area contributed by atoms with Crippen LogP contribution in [-0.4, -0.2) is 67.8 Å². The SMILES string of the molecule is Cc1ccccc1-n1c(SCCCC(=O)N2CCN(C(=O)c3ccccc3)C(C)C2)nnc1-c1ccccc1. The predicted octanol–water partition coefficient (Wildman–Crippen LogP) is 5.49. The van der Waals surface area contributed by atoms with Crippen molar-refractivity contribution >= 4 is 23.6 Å². The number of hydrogen-bond acceptors (Lipinski definition) is 5. The Labute approximate surface area is 233 Å². The van der Waals surface area contributed by atoms with E-state index in [0.717, 1.165) is 40.0 Å². The minimum absolute atomic E-state index is 0.0196. The molecule has 1 saturated heterocycles. The van der Waals surface area contributed by atoms with Gasteiger partial charge in [0.05, 0.1) is 5.69 Å². The van der Waals surface area contributed by atoms with Crippen molar-refractivity contribution in [3.05, 3.63) is 96.1 Å². The standard InChI is InChI=1S/C31H33N5O2S/c1-23-12-9-10-17-27(23)36-29(25-13-5-3-6-14-25)32-33-31(36)39-21-11-18-28(37)34-19-20-35(24(2)22-34)30(38)26-15-7-4-8-16-26/h3-10,12-17,24H,11,18-22H2,1-2H3. The first-order chi connectivity index (χ1) is 19.0. The van der Waals surface area contributed by atoms with Crippen LogP contribution in [0.5, 0.6) is 0 Å². The van der Waals surface area contributed by atoms with Gasteiger partial charge in [0.2, 0.25) is 5.91 Å². The number of nitrogens with zero attached hydrogens (tertiary/aromatic N) is 5. The molecule has 0 N–H and O–H groups in total. The average molecular weight is 540 g/mol. The van der Waals surface area contributed by atoms with E-state index < -0.39 is 0 Å². The summed E-state index contributed by atoms with van der Waals surface area (Å²) in [5, 5.41) is 9.86.